The fraction of sp³-hybridized carbons (Fsp3) is 0.500. The van der Waals surface area contributed by atoms with Crippen molar-refractivity contribution in [1.29, 1.82) is 0 Å². The Labute approximate surface area is 66.4 Å². The van der Waals surface area contributed by atoms with Gasteiger partial charge in [0.25, 0.3) is 0 Å². The Kier molecular flexibility index (Phi) is 4.37. The van der Waals surface area contributed by atoms with Gasteiger partial charge in [0.15, 0.2) is 0 Å². The van der Waals surface area contributed by atoms with E-state index in [2.05, 4.69) is 8.27 Å². The van der Waals surface area contributed by atoms with Gasteiger partial charge in [0.05, 0.1) is 29.5 Å². The van der Waals surface area contributed by atoms with Crippen LogP contribution in [-0.4, -0.2) is 18.5 Å². The van der Waals surface area contributed by atoms with Gasteiger partial charge in [0.2, 0.25) is 0 Å². The van der Waals surface area contributed by atoms with Crippen molar-refractivity contribution in [3.63, 3.8) is 0 Å². The number of hydrogen-bond donors (Lipinski definition) is 1. The first-order valence-corrected chi connectivity index (χ1v) is 3.38. The zero-order valence-corrected chi connectivity index (χ0v) is 6.97. The second-order valence-electron chi connectivity index (χ2n) is 1.14. The molecule has 0 atom stereocenters. The topological polar surface area (TPSA) is 55.4 Å². The number of ether oxygens (including phenoxy) is 1. The summed E-state index contributed by atoms with van der Waals surface area (Å²) in [6.45, 7) is 1.86. The molecule has 1 amide bonds. The first-order chi connectivity index (χ1) is 4.22. The summed E-state index contributed by atoms with van der Waals surface area (Å²) in [5.41, 5.74) is 0. The van der Waals surface area contributed by atoms with Crippen LogP contribution < -0.4 is 3.53 Å². The molecule has 0 aliphatic rings. The highest BCUT2D eigenvalue weighted by Crippen LogP contribution is 1.79. The molecular weight excluding hydrogens is 237 g/mol. The monoisotopic (exact) mass is 243 g/mol. The van der Waals surface area contributed by atoms with Crippen LogP contribution in [0.1, 0.15) is 6.92 Å². The maximum Gasteiger partial charge on any atom is 0.397 e. The van der Waals surface area contributed by atoms with Gasteiger partial charge >= 0.3 is 11.9 Å². The minimum absolute atomic E-state index is 0.225. The molecule has 0 heterocycles. The molecule has 0 aliphatic heterocycles. The Bertz CT molecular complexity index is 125. The molecule has 0 radical (unpaired) electrons. The van der Waals surface area contributed by atoms with E-state index in [1.54, 1.807) is 29.8 Å². The van der Waals surface area contributed by atoms with E-state index in [4.69, 9.17) is 0 Å². The molecule has 1 N–H and O–H groups in total. The lowest BCUT2D eigenvalue weighted by molar-refractivity contribution is -0.153. The highest BCUT2D eigenvalue weighted by atomic mass is 127. The Hall–Kier alpha value is -0.330. The fourth-order valence-electron chi connectivity index (χ4n) is 0.235. The zero-order chi connectivity index (χ0) is 7.28. The zero-order valence-electron chi connectivity index (χ0n) is 4.81. The first-order valence-electron chi connectivity index (χ1n) is 2.30. The quantitative estimate of drug-likeness (QED) is 0.305. The van der Waals surface area contributed by atoms with Gasteiger partial charge in [-0.3, -0.25) is 8.32 Å². The van der Waals surface area contributed by atoms with Gasteiger partial charge in [0.1, 0.15) is 0 Å². The molecule has 0 bridgehead atoms. The van der Waals surface area contributed by atoms with Crippen molar-refractivity contribution in [2.24, 2.45) is 0 Å². The highest BCUT2D eigenvalue weighted by molar-refractivity contribution is 14.1. The lowest BCUT2D eigenvalue weighted by Crippen LogP contribution is -2.25. The third kappa shape index (κ3) is 3.28. The summed E-state index contributed by atoms with van der Waals surface area (Å²) < 4.78 is 6.44. The van der Waals surface area contributed by atoms with Gasteiger partial charge in [0, 0.05) is 0 Å². The number of halogens is 1. The van der Waals surface area contributed by atoms with Crippen molar-refractivity contribution in [2.75, 3.05) is 6.61 Å². The normalized spacial score (nSPS) is 8.22. The highest BCUT2D eigenvalue weighted by Gasteiger charge is 2.11. The van der Waals surface area contributed by atoms with Crippen LogP contribution in [0.5, 0.6) is 0 Å². The van der Waals surface area contributed by atoms with E-state index in [1.165, 1.54) is 0 Å². The SMILES string of the molecule is CCOC(=O)C(=O)NI. The van der Waals surface area contributed by atoms with Crippen molar-refractivity contribution in [1.82, 2.24) is 3.53 Å². The van der Waals surface area contributed by atoms with E-state index in [9.17, 15) is 9.59 Å². The summed E-state index contributed by atoms with van der Waals surface area (Å²) >= 11 is 1.57. The molecule has 0 fully saturated rings. The number of carbonyl (C=O) groups is 2. The minimum atomic E-state index is -0.841. The molecule has 9 heavy (non-hydrogen) atoms. The maximum absolute atomic E-state index is 10.3. The van der Waals surface area contributed by atoms with Crippen molar-refractivity contribution in [2.45, 2.75) is 6.92 Å². The first kappa shape index (κ1) is 8.67. The van der Waals surface area contributed by atoms with Crippen LogP contribution in [0.4, 0.5) is 0 Å². The number of esters is 1. The number of amides is 1. The van der Waals surface area contributed by atoms with Gasteiger partial charge in [-0.25, -0.2) is 4.79 Å². The summed E-state index contributed by atoms with van der Waals surface area (Å²) in [4.78, 5) is 20.6. The van der Waals surface area contributed by atoms with Crippen LogP contribution in [0.3, 0.4) is 0 Å². The molecule has 0 aromatic carbocycles. The van der Waals surface area contributed by atoms with Crippen LogP contribution in [0.2, 0.25) is 0 Å². The lowest BCUT2D eigenvalue weighted by Gasteiger charge is -1.95. The number of hydrogen-bond acceptors (Lipinski definition) is 3. The second kappa shape index (κ2) is 4.54. The van der Waals surface area contributed by atoms with Crippen molar-refractivity contribution >= 4 is 34.7 Å². The predicted molar refractivity (Wildman–Crippen MR) is 38.8 cm³/mol. The van der Waals surface area contributed by atoms with Crippen molar-refractivity contribution in [3.05, 3.63) is 0 Å². The van der Waals surface area contributed by atoms with E-state index in [0.717, 1.165) is 0 Å². The Morgan fingerprint density at radius 3 is 2.56 bits per heavy atom. The summed E-state index contributed by atoms with van der Waals surface area (Å²) in [7, 11) is 0. The van der Waals surface area contributed by atoms with E-state index >= 15 is 0 Å². The van der Waals surface area contributed by atoms with Gasteiger partial charge in [-0.05, 0) is 6.92 Å². The van der Waals surface area contributed by atoms with Crippen LogP contribution in [0, 0.1) is 0 Å². The maximum atomic E-state index is 10.3. The van der Waals surface area contributed by atoms with Gasteiger partial charge in [-0.1, -0.05) is 0 Å². The second-order valence-corrected chi connectivity index (χ2v) is 1.68. The van der Waals surface area contributed by atoms with E-state index in [0.29, 0.717) is 0 Å². The number of carbonyl (C=O) groups excluding carboxylic acids is 2. The van der Waals surface area contributed by atoms with E-state index in [-0.39, 0.29) is 6.61 Å². The molecule has 0 spiro atoms. The third-order valence-corrected chi connectivity index (χ3v) is 1.04. The minimum Gasteiger partial charge on any atom is -0.459 e. The number of rotatable bonds is 1. The molecular formula is C4H6INO3. The molecule has 0 unspecified atom stereocenters. The van der Waals surface area contributed by atoms with Gasteiger partial charge < -0.3 is 4.74 Å². The summed E-state index contributed by atoms with van der Waals surface area (Å²) in [6, 6.07) is 0. The molecule has 0 saturated heterocycles. The predicted octanol–water partition coefficient (Wildman–Crippen LogP) is 0.0157. The summed E-state index contributed by atoms with van der Waals surface area (Å²) in [5, 5.41) is 0. The molecule has 0 rings (SSSR count). The molecule has 52 valence electrons. The Balaban J connectivity index is 3.60. The third-order valence-electron chi connectivity index (χ3n) is 0.547. The largest absolute Gasteiger partial charge is 0.459 e. The molecule has 0 saturated carbocycles. The standard InChI is InChI=1S/C4H6INO3/c1-2-9-4(8)3(7)6-5/h2H2,1H3,(H,6,7). The van der Waals surface area contributed by atoms with Crippen LogP contribution in [-0.2, 0) is 14.3 Å². The van der Waals surface area contributed by atoms with E-state index in [1.807, 2.05) is 0 Å². The summed E-state index contributed by atoms with van der Waals surface area (Å²) in [5.74, 6) is -1.57. The molecule has 0 aromatic heterocycles. The van der Waals surface area contributed by atoms with Crippen LogP contribution in [0.15, 0.2) is 0 Å². The van der Waals surface area contributed by atoms with Crippen LogP contribution >= 0.6 is 22.9 Å². The van der Waals surface area contributed by atoms with Crippen LogP contribution in [0.25, 0.3) is 0 Å². The smallest absolute Gasteiger partial charge is 0.397 e. The Morgan fingerprint density at radius 1 is 1.67 bits per heavy atom. The summed E-state index contributed by atoms with van der Waals surface area (Å²) in [6.07, 6.45) is 0. The van der Waals surface area contributed by atoms with E-state index < -0.39 is 11.9 Å². The molecule has 0 aliphatic carbocycles. The number of nitrogens with one attached hydrogen (secondary N) is 1. The molecule has 4 nitrogen and oxygen atoms in total. The van der Waals surface area contributed by atoms with Gasteiger partial charge in [-0.15, -0.1) is 0 Å². The Morgan fingerprint density at radius 2 is 2.22 bits per heavy atom. The molecule has 5 heteroatoms. The lowest BCUT2D eigenvalue weighted by atomic mass is 10.6. The average molecular weight is 243 g/mol. The van der Waals surface area contributed by atoms with Gasteiger partial charge in [-0.2, -0.15) is 0 Å². The molecule has 0 aromatic rings. The van der Waals surface area contributed by atoms with Crippen molar-refractivity contribution in [3.8, 4) is 0 Å². The average Bonchev–Trinajstić information content (AvgIpc) is 1.87. The fourth-order valence-corrected chi connectivity index (χ4v) is 0.455. The van der Waals surface area contributed by atoms with Crippen molar-refractivity contribution < 1.29 is 14.3 Å².